The highest BCUT2D eigenvalue weighted by molar-refractivity contribution is 7.99. The quantitative estimate of drug-likeness (QED) is 0.787. The van der Waals surface area contributed by atoms with Gasteiger partial charge in [0.25, 0.3) is 0 Å². The number of rotatable bonds is 2. The average molecular weight is 218 g/mol. The fourth-order valence-corrected chi connectivity index (χ4v) is 1.96. The van der Waals surface area contributed by atoms with Crippen molar-refractivity contribution in [1.29, 1.82) is 0 Å². The van der Waals surface area contributed by atoms with Crippen molar-refractivity contribution >= 4 is 11.8 Å². The van der Waals surface area contributed by atoms with Gasteiger partial charge in [-0.2, -0.15) is 0 Å². The number of aromatic hydroxyl groups is 1. The van der Waals surface area contributed by atoms with Gasteiger partial charge in [-0.25, -0.2) is 9.97 Å². The molecular formula is C11H10N2OS. The van der Waals surface area contributed by atoms with E-state index in [4.69, 9.17) is 5.11 Å². The van der Waals surface area contributed by atoms with Crippen LogP contribution in [-0.2, 0) is 0 Å². The van der Waals surface area contributed by atoms with E-state index in [2.05, 4.69) is 9.97 Å². The summed E-state index contributed by atoms with van der Waals surface area (Å²) in [4.78, 5) is 9.22. The van der Waals surface area contributed by atoms with Gasteiger partial charge in [0.1, 0.15) is 17.1 Å². The molecule has 0 aliphatic rings. The number of phenols is 1. The third-order valence-electron chi connectivity index (χ3n) is 1.84. The molecule has 0 unspecified atom stereocenters. The Morgan fingerprint density at radius 1 is 1.13 bits per heavy atom. The van der Waals surface area contributed by atoms with Crippen molar-refractivity contribution in [2.45, 2.75) is 16.8 Å². The molecule has 0 aliphatic carbocycles. The van der Waals surface area contributed by atoms with Crippen LogP contribution in [0.3, 0.4) is 0 Å². The molecule has 2 aromatic rings. The fourth-order valence-electron chi connectivity index (χ4n) is 1.12. The van der Waals surface area contributed by atoms with Gasteiger partial charge in [0.15, 0.2) is 0 Å². The highest BCUT2D eigenvalue weighted by Gasteiger charge is 1.99. The van der Waals surface area contributed by atoms with E-state index < -0.39 is 0 Å². The lowest BCUT2D eigenvalue weighted by molar-refractivity contribution is 0.475. The lowest BCUT2D eigenvalue weighted by atomic mass is 10.3. The van der Waals surface area contributed by atoms with Crippen LogP contribution in [0.4, 0.5) is 0 Å². The maximum atomic E-state index is 9.13. The second-order valence-electron chi connectivity index (χ2n) is 3.09. The van der Waals surface area contributed by atoms with Crippen molar-refractivity contribution in [3.8, 4) is 5.75 Å². The molecule has 0 atom stereocenters. The van der Waals surface area contributed by atoms with Gasteiger partial charge in [0.05, 0.1) is 0 Å². The molecule has 76 valence electrons. The normalized spacial score (nSPS) is 10.2. The standard InChI is InChI=1S/C11H10N2OS/c1-8-6-11(13-7-12-8)15-10-4-2-9(14)3-5-10/h2-7,14H,1H3. The number of phenolic OH excluding ortho intramolecular Hbond substituents is 1. The predicted octanol–water partition coefficient (Wildman–Crippen LogP) is 2.64. The van der Waals surface area contributed by atoms with Gasteiger partial charge >= 0.3 is 0 Å². The van der Waals surface area contributed by atoms with Crippen molar-refractivity contribution in [2.24, 2.45) is 0 Å². The summed E-state index contributed by atoms with van der Waals surface area (Å²) in [6.07, 6.45) is 1.55. The molecular weight excluding hydrogens is 208 g/mol. The maximum absolute atomic E-state index is 9.13. The van der Waals surface area contributed by atoms with E-state index in [0.717, 1.165) is 15.6 Å². The largest absolute Gasteiger partial charge is 0.508 e. The first-order valence-electron chi connectivity index (χ1n) is 4.49. The van der Waals surface area contributed by atoms with Gasteiger partial charge in [-0.3, -0.25) is 0 Å². The van der Waals surface area contributed by atoms with Crippen molar-refractivity contribution in [2.75, 3.05) is 0 Å². The number of nitrogens with zero attached hydrogens (tertiary/aromatic N) is 2. The first-order chi connectivity index (χ1) is 7.24. The van der Waals surface area contributed by atoms with Gasteiger partial charge in [0.2, 0.25) is 0 Å². The van der Waals surface area contributed by atoms with Gasteiger partial charge in [-0.05, 0) is 37.3 Å². The summed E-state index contributed by atoms with van der Waals surface area (Å²) < 4.78 is 0. The van der Waals surface area contributed by atoms with Crippen LogP contribution < -0.4 is 0 Å². The topological polar surface area (TPSA) is 46.0 Å². The first kappa shape index (κ1) is 9.98. The Morgan fingerprint density at radius 3 is 2.53 bits per heavy atom. The molecule has 0 bridgehead atoms. The van der Waals surface area contributed by atoms with E-state index in [1.54, 1.807) is 30.2 Å². The average Bonchev–Trinajstić information content (AvgIpc) is 2.22. The Kier molecular flexibility index (Phi) is 2.87. The Balaban J connectivity index is 2.18. The van der Waals surface area contributed by atoms with Crippen LogP contribution in [-0.4, -0.2) is 15.1 Å². The third kappa shape index (κ3) is 2.70. The van der Waals surface area contributed by atoms with Crippen molar-refractivity contribution in [3.63, 3.8) is 0 Å². The summed E-state index contributed by atoms with van der Waals surface area (Å²) >= 11 is 1.55. The zero-order chi connectivity index (χ0) is 10.7. The fraction of sp³-hybridized carbons (Fsp3) is 0.0909. The minimum absolute atomic E-state index is 0.276. The van der Waals surface area contributed by atoms with Crippen LogP contribution in [0.1, 0.15) is 5.69 Å². The SMILES string of the molecule is Cc1cc(Sc2ccc(O)cc2)ncn1. The molecule has 0 aliphatic heterocycles. The zero-order valence-corrected chi connectivity index (χ0v) is 9.03. The number of benzene rings is 1. The minimum Gasteiger partial charge on any atom is -0.508 e. The number of hydrogen-bond acceptors (Lipinski definition) is 4. The van der Waals surface area contributed by atoms with Crippen molar-refractivity contribution < 1.29 is 5.11 Å². The molecule has 0 spiro atoms. The Labute approximate surface area is 92.2 Å². The molecule has 1 aromatic carbocycles. The third-order valence-corrected chi connectivity index (χ3v) is 2.78. The molecule has 1 heterocycles. The van der Waals surface area contributed by atoms with Crippen LogP contribution in [0.5, 0.6) is 5.75 Å². The second kappa shape index (κ2) is 4.31. The van der Waals surface area contributed by atoms with Crippen LogP contribution in [0.25, 0.3) is 0 Å². The highest BCUT2D eigenvalue weighted by Crippen LogP contribution is 2.26. The smallest absolute Gasteiger partial charge is 0.116 e. The molecule has 0 saturated heterocycles. The molecule has 4 heteroatoms. The first-order valence-corrected chi connectivity index (χ1v) is 5.31. The van der Waals surface area contributed by atoms with Crippen LogP contribution >= 0.6 is 11.8 Å². The highest BCUT2D eigenvalue weighted by atomic mass is 32.2. The summed E-state index contributed by atoms with van der Waals surface area (Å²) in [7, 11) is 0. The summed E-state index contributed by atoms with van der Waals surface area (Å²) in [5.41, 5.74) is 0.950. The van der Waals surface area contributed by atoms with E-state index in [-0.39, 0.29) is 5.75 Å². The van der Waals surface area contributed by atoms with Crippen molar-refractivity contribution in [3.05, 3.63) is 42.4 Å². The zero-order valence-electron chi connectivity index (χ0n) is 8.21. The molecule has 1 aromatic heterocycles. The Morgan fingerprint density at radius 2 is 1.87 bits per heavy atom. The maximum Gasteiger partial charge on any atom is 0.116 e. The van der Waals surface area contributed by atoms with Gasteiger partial charge in [0, 0.05) is 10.6 Å². The Hall–Kier alpha value is -1.55. The second-order valence-corrected chi connectivity index (χ2v) is 4.19. The molecule has 0 amide bonds. The lowest BCUT2D eigenvalue weighted by Crippen LogP contribution is -1.85. The van der Waals surface area contributed by atoms with Crippen LogP contribution in [0.2, 0.25) is 0 Å². The van der Waals surface area contributed by atoms with E-state index in [0.29, 0.717) is 0 Å². The summed E-state index contributed by atoms with van der Waals surface area (Å²) in [5, 5.41) is 10.0. The molecule has 2 rings (SSSR count). The van der Waals surface area contributed by atoms with Crippen LogP contribution in [0, 0.1) is 6.92 Å². The van der Waals surface area contributed by atoms with E-state index in [9.17, 15) is 0 Å². The number of aromatic nitrogens is 2. The van der Waals surface area contributed by atoms with Gasteiger partial charge in [-0.1, -0.05) is 11.8 Å². The van der Waals surface area contributed by atoms with Crippen LogP contribution in [0.15, 0.2) is 46.6 Å². The van der Waals surface area contributed by atoms with E-state index in [1.807, 2.05) is 25.1 Å². The molecule has 0 radical (unpaired) electrons. The number of hydrogen-bond donors (Lipinski definition) is 1. The molecule has 1 N–H and O–H groups in total. The Bertz CT molecular complexity index is 456. The number of aryl methyl sites for hydroxylation is 1. The molecule has 15 heavy (non-hydrogen) atoms. The monoisotopic (exact) mass is 218 g/mol. The molecule has 0 saturated carbocycles. The van der Waals surface area contributed by atoms with Gasteiger partial charge < -0.3 is 5.11 Å². The van der Waals surface area contributed by atoms with Gasteiger partial charge in [-0.15, -0.1) is 0 Å². The summed E-state index contributed by atoms with van der Waals surface area (Å²) in [6, 6.07) is 8.97. The summed E-state index contributed by atoms with van der Waals surface area (Å²) in [6.45, 7) is 1.93. The van der Waals surface area contributed by atoms with E-state index >= 15 is 0 Å². The summed E-state index contributed by atoms with van der Waals surface area (Å²) in [5.74, 6) is 0.276. The van der Waals surface area contributed by atoms with E-state index in [1.165, 1.54) is 0 Å². The lowest BCUT2D eigenvalue weighted by Gasteiger charge is -2.01. The predicted molar refractivity (Wildman–Crippen MR) is 59.0 cm³/mol. The van der Waals surface area contributed by atoms with Crippen molar-refractivity contribution in [1.82, 2.24) is 9.97 Å². The molecule has 0 fully saturated rings. The molecule has 3 nitrogen and oxygen atoms in total. The minimum atomic E-state index is 0.276.